The van der Waals surface area contributed by atoms with Crippen LogP contribution in [0.5, 0.6) is 0 Å². The first-order valence-electron chi connectivity index (χ1n) is 7.23. The summed E-state index contributed by atoms with van der Waals surface area (Å²) in [5.74, 6) is 3.39. The maximum Gasteiger partial charge on any atom is 0.0145 e. The highest BCUT2D eigenvalue weighted by Crippen LogP contribution is 2.44. The Hall–Kier alpha value is -0.470. The van der Waals surface area contributed by atoms with Gasteiger partial charge in [0.05, 0.1) is 0 Å². The van der Waals surface area contributed by atoms with Gasteiger partial charge in [0.25, 0.3) is 0 Å². The Balaban J connectivity index is 1.75. The van der Waals surface area contributed by atoms with Crippen LogP contribution in [0.4, 0.5) is 0 Å². The first-order valence-corrected chi connectivity index (χ1v) is 8.21. The zero-order chi connectivity index (χ0) is 12.5. The van der Waals surface area contributed by atoms with Crippen LogP contribution in [0, 0.1) is 11.8 Å². The minimum atomic E-state index is 0.365. The van der Waals surface area contributed by atoms with E-state index in [1.807, 2.05) is 11.8 Å². The number of rotatable bonds is 2. The highest BCUT2D eigenvalue weighted by molar-refractivity contribution is 7.99. The zero-order valence-electron chi connectivity index (χ0n) is 11.1. The molecule has 0 bridgehead atoms. The summed E-state index contributed by atoms with van der Waals surface area (Å²) in [6.07, 6.45) is 5.46. The van der Waals surface area contributed by atoms with E-state index in [1.54, 1.807) is 0 Å². The normalized spacial score (nSPS) is 33.1. The molecule has 18 heavy (non-hydrogen) atoms. The van der Waals surface area contributed by atoms with Gasteiger partial charge in [-0.3, -0.25) is 0 Å². The Kier molecular flexibility index (Phi) is 3.67. The van der Waals surface area contributed by atoms with E-state index >= 15 is 0 Å². The van der Waals surface area contributed by atoms with Gasteiger partial charge >= 0.3 is 0 Å². The molecule has 0 amide bonds. The lowest BCUT2D eigenvalue weighted by Gasteiger charge is -2.34. The summed E-state index contributed by atoms with van der Waals surface area (Å²) in [5, 5.41) is 0. The topological polar surface area (TPSA) is 26.0 Å². The van der Waals surface area contributed by atoms with Crippen molar-refractivity contribution in [3.05, 3.63) is 29.8 Å². The van der Waals surface area contributed by atoms with E-state index in [4.69, 9.17) is 5.73 Å². The molecule has 4 atom stereocenters. The van der Waals surface area contributed by atoms with Gasteiger partial charge in [0.1, 0.15) is 0 Å². The van der Waals surface area contributed by atoms with Crippen LogP contribution >= 0.6 is 11.8 Å². The Morgan fingerprint density at radius 3 is 2.94 bits per heavy atom. The van der Waals surface area contributed by atoms with E-state index in [-0.39, 0.29) is 0 Å². The maximum atomic E-state index is 6.62. The van der Waals surface area contributed by atoms with Gasteiger partial charge in [-0.15, -0.1) is 11.8 Å². The van der Waals surface area contributed by atoms with Crippen molar-refractivity contribution < 1.29 is 0 Å². The van der Waals surface area contributed by atoms with Crippen LogP contribution in [0.2, 0.25) is 0 Å². The fourth-order valence-electron chi connectivity index (χ4n) is 3.67. The van der Waals surface area contributed by atoms with Gasteiger partial charge in [0.15, 0.2) is 0 Å². The summed E-state index contributed by atoms with van der Waals surface area (Å²) in [6, 6.07) is 9.20. The van der Waals surface area contributed by atoms with Crippen molar-refractivity contribution in [2.45, 2.75) is 49.5 Å². The molecule has 0 saturated heterocycles. The third kappa shape index (κ3) is 2.33. The molecule has 1 heterocycles. The minimum Gasteiger partial charge on any atom is -0.327 e. The average molecular weight is 261 g/mol. The number of nitrogens with two attached hydrogens (primary N) is 1. The lowest BCUT2D eigenvalue weighted by atomic mass is 9.74. The summed E-state index contributed by atoms with van der Waals surface area (Å²) >= 11 is 1.99. The molecule has 1 aliphatic heterocycles. The van der Waals surface area contributed by atoms with Crippen LogP contribution in [0.25, 0.3) is 0 Å². The Morgan fingerprint density at radius 2 is 2.11 bits per heavy atom. The maximum absolute atomic E-state index is 6.62. The predicted octanol–water partition coefficient (Wildman–Crippen LogP) is 4.03. The number of thioether (sulfide) groups is 1. The Bertz CT molecular complexity index is 417. The average Bonchev–Trinajstić information content (AvgIpc) is 2.82. The van der Waals surface area contributed by atoms with Crippen molar-refractivity contribution in [1.29, 1.82) is 0 Å². The molecule has 4 unspecified atom stereocenters. The molecule has 2 N–H and O–H groups in total. The summed E-state index contributed by atoms with van der Waals surface area (Å²) in [4.78, 5) is 1.46. The minimum absolute atomic E-state index is 0.365. The molecule has 0 aromatic heterocycles. The molecule has 1 aromatic carbocycles. The van der Waals surface area contributed by atoms with Crippen LogP contribution in [0.15, 0.2) is 29.2 Å². The van der Waals surface area contributed by atoms with Crippen molar-refractivity contribution in [3.8, 4) is 0 Å². The summed E-state index contributed by atoms with van der Waals surface area (Å²) in [5.41, 5.74) is 8.13. The molecule has 0 radical (unpaired) electrons. The second-order valence-electron chi connectivity index (χ2n) is 6.06. The van der Waals surface area contributed by atoms with E-state index in [0.717, 1.165) is 11.8 Å². The molecule has 3 rings (SSSR count). The van der Waals surface area contributed by atoms with Gasteiger partial charge in [-0.05, 0) is 36.3 Å². The van der Waals surface area contributed by atoms with Crippen LogP contribution in [0.3, 0.4) is 0 Å². The summed E-state index contributed by atoms with van der Waals surface area (Å²) in [7, 11) is 0. The largest absolute Gasteiger partial charge is 0.327 e. The first kappa shape index (κ1) is 12.6. The first-order chi connectivity index (χ1) is 8.75. The molecule has 1 fully saturated rings. The van der Waals surface area contributed by atoms with E-state index in [9.17, 15) is 0 Å². The van der Waals surface area contributed by atoms with Gasteiger partial charge in [0.2, 0.25) is 0 Å². The van der Waals surface area contributed by atoms with Crippen molar-refractivity contribution in [2.24, 2.45) is 17.6 Å². The molecular formula is C16H23NS. The SMILES string of the molecule is CC1CCCC(C(N)C2CSc3ccccc32)C1. The number of benzene rings is 1. The van der Waals surface area contributed by atoms with Gasteiger partial charge < -0.3 is 5.73 Å². The van der Waals surface area contributed by atoms with Crippen molar-refractivity contribution in [2.75, 3.05) is 5.75 Å². The highest BCUT2D eigenvalue weighted by Gasteiger charge is 2.34. The molecule has 1 nitrogen and oxygen atoms in total. The van der Waals surface area contributed by atoms with Gasteiger partial charge in [-0.1, -0.05) is 38.0 Å². The van der Waals surface area contributed by atoms with E-state index in [2.05, 4.69) is 31.2 Å². The van der Waals surface area contributed by atoms with Crippen molar-refractivity contribution in [3.63, 3.8) is 0 Å². The summed E-state index contributed by atoms with van der Waals surface area (Å²) in [6.45, 7) is 2.39. The Morgan fingerprint density at radius 1 is 1.28 bits per heavy atom. The van der Waals surface area contributed by atoms with Crippen LogP contribution < -0.4 is 5.73 Å². The van der Waals surface area contributed by atoms with Crippen LogP contribution in [-0.2, 0) is 0 Å². The third-order valence-corrected chi connectivity index (χ3v) is 5.93. The predicted molar refractivity (Wildman–Crippen MR) is 79.0 cm³/mol. The molecule has 1 saturated carbocycles. The van der Waals surface area contributed by atoms with Gasteiger partial charge in [-0.2, -0.15) is 0 Å². The molecule has 0 spiro atoms. The number of hydrogen-bond donors (Lipinski definition) is 1. The quantitative estimate of drug-likeness (QED) is 0.870. The number of hydrogen-bond acceptors (Lipinski definition) is 2. The zero-order valence-corrected chi connectivity index (χ0v) is 12.0. The lowest BCUT2D eigenvalue weighted by molar-refractivity contribution is 0.233. The molecule has 98 valence electrons. The molecule has 1 aromatic rings. The molecule has 2 heteroatoms. The fourth-order valence-corrected chi connectivity index (χ4v) is 4.99. The molecular weight excluding hydrogens is 238 g/mol. The lowest BCUT2D eigenvalue weighted by Crippen LogP contribution is -2.38. The highest BCUT2D eigenvalue weighted by atomic mass is 32.2. The third-order valence-electron chi connectivity index (χ3n) is 4.72. The summed E-state index contributed by atoms with van der Waals surface area (Å²) < 4.78 is 0. The standard InChI is InChI=1S/C16H23NS/c1-11-5-4-6-12(9-11)16(17)14-10-18-15-8-3-2-7-13(14)15/h2-3,7-8,11-12,14,16H,4-6,9-10,17H2,1H3. The van der Waals surface area contributed by atoms with E-state index in [0.29, 0.717) is 12.0 Å². The van der Waals surface area contributed by atoms with E-state index in [1.165, 1.54) is 41.9 Å². The van der Waals surface area contributed by atoms with Crippen molar-refractivity contribution >= 4 is 11.8 Å². The van der Waals surface area contributed by atoms with Crippen LogP contribution in [0.1, 0.15) is 44.1 Å². The van der Waals surface area contributed by atoms with Gasteiger partial charge in [-0.25, -0.2) is 0 Å². The van der Waals surface area contributed by atoms with Crippen molar-refractivity contribution in [1.82, 2.24) is 0 Å². The smallest absolute Gasteiger partial charge is 0.0145 e. The molecule has 1 aliphatic carbocycles. The Labute approximate surface area is 115 Å². The fraction of sp³-hybridized carbons (Fsp3) is 0.625. The van der Waals surface area contributed by atoms with E-state index < -0.39 is 0 Å². The second-order valence-corrected chi connectivity index (χ2v) is 7.13. The van der Waals surface area contributed by atoms with Crippen LogP contribution in [-0.4, -0.2) is 11.8 Å². The second kappa shape index (κ2) is 5.26. The molecule has 2 aliphatic rings. The number of fused-ring (bicyclic) bond motifs is 1. The van der Waals surface area contributed by atoms with Gasteiger partial charge in [0, 0.05) is 22.6 Å². The monoisotopic (exact) mass is 261 g/mol.